The standard InChI is InChI=1S/C29H24N2O3/c1-32-24-16-13-21(14-17-24)28-29(31(20-30-28)23-9-5-3-6-10-23)22-15-18-26(33-2)27(19-22)34-25-11-7-4-8-12-25/h3-20H,1-2H3. The third-order valence-electron chi connectivity index (χ3n) is 5.57. The lowest BCUT2D eigenvalue weighted by atomic mass is 10.0. The van der Waals surface area contributed by atoms with Crippen molar-refractivity contribution in [1.29, 1.82) is 0 Å². The van der Waals surface area contributed by atoms with E-state index in [4.69, 9.17) is 19.2 Å². The van der Waals surface area contributed by atoms with Gasteiger partial charge in [0, 0.05) is 16.8 Å². The Bertz CT molecular complexity index is 1380. The zero-order chi connectivity index (χ0) is 23.3. The second-order valence-corrected chi connectivity index (χ2v) is 7.66. The average molecular weight is 449 g/mol. The first-order chi connectivity index (χ1) is 16.8. The second-order valence-electron chi connectivity index (χ2n) is 7.66. The van der Waals surface area contributed by atoms with E-state index in [0.29, 0.717) is 11.5 Å². The summed E-state index contributed by atoms with van der Waals surface area (Å²) >= 11 is 0. The highest BCUT2D eigenvalue weighted by molar-refractivity contribution is 5.81. The summed E-state index contributed by atoms with van der Waals surface area (Å²) < 4.78 is 19.2. The van der Waals surface area contributed by atoms with E-state index in [1.165, 1.54) is 0 Å². The summed E-state index contributed by atoms with van der Waals surface area (Å²) in [5.74, 6) is 2.83. The maximum absolute atomic E-state index is 6.19. The number of hydrogen-bond donors (Lipinski definition) is 0. The molecule has 34 heavy (non-hydrogen) atoms. The molecule has 0 amide bonds. The summed E-state index contributed by atoms with van der Waals surface area (Å²) in [6.45, 7) is 0. The van der Waals surface area contributed by atoms with E-state index in [-0.39, 0.29) is 0 Å². The van der Waals surface area contributed by atoms with Gasteiger partial charge in [-0.1, -0.05) is 36.4 Å². The van der Waals surface area contributed by atoms with Gasteiger partial charge in [0.05, 0.1) is 25.6 Å². The Morgan fingerprint density at radius 1 is 0.618 bits per heavy atom. The van der Waals surface area contributed by atoms with Crippen molar-refractivity contribution >= 4 is 0 Å². The van der Waals surface area contributed by atoms with Crippen molar-refractivity contribution in [2.75, 3.05) is 14.2 Å². The van der Waals surface area contributed by atoms with Crippen molar-refractivity contribution in [3.8, 4) is 51.2 Å². The molecule has 0 fully saturated rings. The van der Waals surface area contributed by atoms with Crippen molar-refractivity contribution in [2.45, 2.75) is 0 Å². The minimum absolute atomic E-state index is 0.632. The molecule has 168 valence electrons. The second kappa shape index (κ2) is 9.55. The number of imidazole rings is 1. The van der Waals surface area contributed by atoms with E-state index in [1.54, 1.807) is 14.2 Å². The molecule has 1 aromatic heterocycles. The minimum atomic E-state index is 0.632. The van der Waals surface area contributed by atoms with Gasteiger partial charge in [-0.05, 0) is 66.7 Å². The zero-order valence-corrected chi connectivity index (χ0v) is 19.0. The molecule has 0 unspecified atom stereocenters. The molecule has 4 aromatic carbocycles. The average Bonchev–Trinajstić information content (AvgIpc) is 3.35. The Balaban J connectivity index is 1.67. The number of nitrogens with zero attached hydrogens (tertiary/aromatic N) is 2. The number of rotatable bonds is 7. The van der Waals surface area contributed by atoms with E-state index in [1.807, 2.05) is 97.3 Å². The molecule has 5 nitrogen and oxygen atoms in total. The van der Waals surface area contributed by atoms with Crippen LogP contribution in [-0.2, 0) is 0 Å². The van der Waals surface area contributed by atoms with Crippen molar-refractivity contribution in [3.05, 3.63) is 109 Å². The predicted octanol–water partition coefficient (Wildman–Crippen LogP) is 7.02. The van der Waals surface area contributed by atoms with Crippen molar-refractivity contribution < 1.29 is 14.2 Å². The van der Waals surface area contributed by atoms with Gasteiger partial charge in [0.25, 0.3) is 0 Å². The van der Waals surface area contributed by atoms with Crippen LogP contribution in [0.15, 0.2) is 109 Å². The zero-order valence-electron chi connectivity index (χ0n) is 19.0. The lowest BCUT2D eigenvalue weighted by molar-refractivity contribution is 0.379. The first-order valence-corrected chi connectivity index (χ1v) is 11.0. The highest BCUT2D eigenvalue weighted by Crippen LogP contribution is 2.39. The van der Waals surface area contributed by atoms with Crippen LogP contribution >= 0.6 is 0 Å². The van der Waals surface area contributed by atoms with Gasteiger partial charge in [-0.15, -0.1) is 0 Å². The lowest BCUT2D eigenvalue weighted by Crippen LogP contribution is -1.97. The number of methoxy groups -OCH3 is 2. The number of para-hydroxylation sites is 2. The lowest BCUT2D eigenvalue weighted by Gasteiger charge is -2.15. The number of hydrogen-bond acceptors (Lipinski definition) is 4. The van der Waals surface area contributed by atoms with Crippen LogP contribution in [0.1, 0.15) is 0 Å². The van der Waals surface area contributed by atoms with Crippen molar-refractivity contribution in [2.24, 2.45) is 0 Å². The summed E-state index contributed by atoms with van der Waals surface area (Å²) in [4.78, 5) is 4.80. The molecule has 5 heteroatoms. The molecule has 0 saturated carbocycles. The van der Waals surface area contributed by atoms with Crippen LogP contribution in [0.3, 0.4) is 0 Å². The summed E-state index contributed by atoms with van der Waals surface area (Å²) in [6.07, 6.45) is 1.85. The van der Waals surface area contributed by atoms with Crippen LogP contribution in [0.2, 0.25) is 0 Å². The molecule has 5 aromatic rings. The van der Waals surface area contributed by atoms with Gasteiger partial charge < -0.3 is 14.2 Å². The van der Waals surface area contributed by atoms with Gasteiger partial charge in [0.2, 0.25) is 0 Å². The molecule has 0 saturated heterocycles. The Morgan fingerprint density at radius 2 is 1.29 bits per heavy atom. The Morgan fingerprint density at radius 3 is 1.97 bits per heavy atom. The van der Waals surface area contributed by atoms with Crippen LogP contribution in [0.4, 0.5) is 0 Å². The van der Waals surface area contributed by atoms with Gasteiger partial charge >= 0.3 is 0 Å². The summed E-state index contributed by atoms with van der Waals surface area (Å²) in [5.41, 5.74) is 4.79. The molecule has 0 aliphatic rings. The minimum Gasteiger partial charge on any atom is -0.497 e. The quantitative estimate of drug-likeness (QED) is 0.268. The summed E-state index contributed by atoms with van der Waals surface area (Å²) in [7, 11) is 3.31. The van der Waals surface area contributed by atoms with Crippen LogP contribution < -0.4 is 14.2 Å². The third-order valence-corrected chi connectivity index (χ3v) is 5.57. The maximum atomic E-state index is 6.19. The number of aromatic nitrogens is 2. The molecule has 0 aliphatic carbocycles. The molecule has 0 bridgehead atoms. The molecule has 5 rings (SSSR count). The SMILES string of the molecule is COc1ccc(-c2ncn(-c3ccccc3)c2-c2ccc(OC)c(Oc3ccccc3)c2)cc1. The summed E-state index contributed by atoms with van der Waals surface area (Å²) in [6, 6.07) is 33.7. The monoisotopic (exact) mass is 448 g/mol. The fourth-order valence-corrected chi connectivity index (χ4v) is 3.89. The fourth-order valence-electron chi connectivity index (χ4n) is 3.89. The normalized spacial score (nSPS) is 10.6. The molecule has 0 spiro atoms. The van der Waals surface area contributed by atoms with Crippen LogP contribution in [0.5, 0.6) is 23.0 Å². The number of ether oxygens (including phenoxy) is 3. The molecule has 0 radical (unpaired) electrons. The van der Waals surface area contributed by atoms with Crippen LogP contribution in [-0.4, -0.2) is 23.8 Å². The molecule has 1 heterocycles. The highest BCUT2D eigenvalue weighted by atomic mass is 16.5. The Hall–Kier alpha value is -4.51. The largest absolute Gasteiger partial charge is 0.497 e. The first-order valence-electron chi connectivity index (χ1n) is 11.0. The maximum Gasteiger partial charge on any atom is 0.169 e. The van der Waals surface area contributed by atoms with E-state index < -0.39 is 0 Å². The fraction of sp³-hybridized carbons (Fsp3) is 0.0690. The molecule has 0 aliphatic heterocycles. The number of benzene rings is 4. The van der Waals surface area contributed by atoms with Gasteiger partial charge in [0.15, 0.2) is 11.5 Å². The van der Waals surface area contributed by atoms with Gasteiger partial charge in [-0.25, -0.2) is 4.98 Å². The highest BCUT2D eigenvalue weighted by Gasteiger charge is 2.18. The van der Waals surface area contributed by atoms with E-state index in [9.17, 15) is 0 Å². The third kappa shape index (κ3) is 4.24. The van der Waals surface area contributed by atoms with E-state index in [0.717, 1.165) is 39.7 Å². The van der Waals surface area contributed by atoms with Crippen LogP contribution in [0, 0.1) is 0 Å². The van der Waals surface area contributed by atoms with Crippen molar-refractivity contribution in [3.63, 3.8) is 0 Å². The predicted molar refractivity (Wildman–Crippen MR) is 134 cm³/mol. The Labute approximate surface area is 198 Å². The van der Waals surface area contributed by atoms with Gasteiger partial charge in [0.1, 0.15) is 17.8 Å². The first kappa shape index (κ1) is 21.3. The molecule has 0 N–H and O–H groups in total. The van der Waals surface area contributed by atoms with Gasteiger partial charge in [-0.3, -0.25) is 4.57 Å². The van der Waals surface area contributed by atoms with Gasteiger partial charge in [-0.2, -0.15) is 0 Å². The molecular formula is C29H24N2O3. The summed E-state index contributed by atoms with van der Waals surface area (Å²) in [5, 5.41) is 0. The van der Waals surface area contributed by atoms with E-state index in [2.05, 4.69) is 16.7 Å². The molecular weight excluding hydrogens is 424 g/mol. The van der Waals surface area contributed by atoms with E-state index >= 15 is 0 Å². The van der Waals surface area contributed by atoms with Crippen LogP contribution in [0.25, 0.3) is 28.2 Å². The van der Waals surface area contributed by atoms with Crippen molar-refractivity contribution in [1.82, 2.24) is 9.55 Å². The molecule has 0 atom stereocenters. The smallest absolute Gasteiger partial charge is 0.169 e. The Kier molecular flexibility index (Phi) is 5.99. The topological polar surface area (TPSA) is 45.5 Å².